The van der Waals surface area contributed by atoms with E-state index in [9.17, 15) is 4.79 Å². The number of carbonyl (C=O) groups excluding carboxylic acids is 1. The van der Waals surface area contributed by atoms with Gasteiger partial charge in [0.25, 0.3) is 0 Å². The SMILES string of the molecule is NC1(C(=O)NCCSc2ccc(Cl)cc2)CCCCC1. The van der Waals surface area contributed by atoms with E-state index in [4.69, 9.17) is 17.3 Å². The fourth-order valence-electron chi connectivity index (χ4n) is 2.45. The fraction of sp³-hybridized carbons (Fsp3) is 0.533. The lowest BCUT2D eigenvalue weighted by Crippen LogP contribution is -2.55. The first-order valence-corrected chi connectivity index (χ1v) is 8.42. The minimum Gasteiger partial charge on any atom is -0.354 e. The second kappa shape index (κ2) is 7.34. The van der Waals surface area contributed by atoms with Crippen LogP contribution in [-0.2, 0) is 4.79 Å². The third-order valence-electron chi connectivity index (χ3n) is 3.67. The van der Waals surface area contributed by atoms with Crippen LogP contribution in [0.5, 0.6) is 0 Å². The third kappa shape index (κ3) is 4.40. The minimum absolute atomic E-state index is 0.00825. The van der Waals surface area contributed by atoms with E-state index in [0.29, 0.717) is 6.54 Å². The summed E-state index contributed by atoms with van der Waals surface area (Å²) in [5.41, 5.74) is 5.54. The van der Waals surface area contributed by atoms with Crippen LogP contribution in [0, 0.1) is 0 Å². The summed E-state index contributed by atoms with van der Waals surface area (Å²) in [6, 6.07) is 7.72. The molecule has 0 atom stereocenters. The van der Waals surface area contributed by atoms with Crippen molar-refractivity contribution >= 4 is 29.3 Å². The van der Waals surface area contributed by atoms with Gasteiger partial charge in [0.15, 0.2) is 0 Å². The van der Waals surface area contributed by atoms with E-state index < -0.39 is 5.54 Å². The van der Waals surface area contributed by atoms with Gasteiger partial charge >= 0.3 is 0 Å². The minimum atomic E-state index is -0.636. The molecular weight excluding hydrogens is 292 g/mol. The van der Waals surface area contributed by atoms with Crippen molar-refractivity contribution in [2.24, 2.45) is 5.73 Å². The molecule has 1 fully saturated rings. The zero-order valence-electron chi connectivity index (χ0n) is 11.5. The molecule has 1 saturated carbocycles. The van der Waals surface area contributed by atoms with Crippen molar-refractivity contribution in [1.29, 1.82) is 0 Å². The summed E-state index contributed by atoms with van der Waals surface area (Å²) < 4.78 is 0. The van der Waals surface area contributed by atoms with Crippen molar-refractivity contribution in [3.8, 4) is 0 Å². The van der Waals surface area contributed by atoms with E-state index in [1.165, 1.54) is 6.42 Å². The quantitative estimate of drug-likeness (QED) is 0.648. The number of thioether (sulfide) groups is 1. The molecule has 3 N–H and O–H groups in total. The van der Waals surface area contributed by atoms with Crippen LogP contribution in [0.1, 0.15) is 32.1 Å². The molecule has 0 spiro atoms. The smallest absolute Gasteiger partial charge is 0.240 e. The Hall–Kier alpha value is -0.710. The zero-order valence-corrected chi connectivity index (χ0v) is 13.1. The van der Waals surface area contributed by atoms with Gasteiger partial charge in [-0.3, -0.25) is 4.79 Å². The topological polar surface area (TPSA) is 55.1 Å². The van der Waals surface area contributed by atoms with Gasteiger partial charge in [0.2, 0.25) is 5.91 Å². The van der Waals surface area contributed by atoms with Gasteiger partial charge in [-0.2, -0.15) is 0 Å². The van der Waals surface area contributed by atoms with Gasteiger partial charge in [0, 0.05) is 22.2 Å². The Morgan fingerprint density at radius 2 is 1.90 bits per heavy atom. The molecule has 1 amide bonds. The molecule has 0 unspecified atom stereocenters. The Morgan fingerprint density at radius 3 is 2.55 bits per heavy atom. The number of carbonyl (C=O) groups is 1. The van der Waals surface area contributed by atoms with Crippen LogP contribution in [0.15, 0.2) is 29.2 Å². The highest BCUT2D eigenvalue weighted by Gasteiger charge is 2.34. The molecule has 0 heterocycles. The van der Waals surface area contributed by atoms with Crippen LogP contribution in [-0.4, -0.2) is 23.7 Å². The number of halogens is 1. The monoisotopic (exact) mass is 312 g/mol. The largest absolute Gasteiger partial charge is 0.354 e. The molecule has 5 heteroatoms. The van der Waals surface area contributed by atoms with Crippen molar-refractivity contribution in [1.82, 2.24) is 5.32 Å². The first kappa shape index (κ1) is 15.7. The summed E-state index contributed by atoms with van der Waals surface area (Å²) in [6.07, 6.45) is 4.93. The molecule has 0 saturated heterocycles. The van der Waals surface area contributed by atoms with Gasteiger partial charge in [-0.15, -0.1) is 11.8 Å². The summed E-state index contributed by atoms with van der Waals surface area (Å²) in [5.74, 6) is 0.845. The van der Waals surface area contributed by atoms with E-state index in [2.05, 4.69) is 5.32 Å². The van der Waals surface area contributed by atoms with Crippen LogP contribution in [0.3, 0.4) is 0 Å². The van der Waals surface area contributed by atoms with Crippen LogP contribution < -0.4 is 11.1 Å². The van der Waals surface area contributed by atoms with Gasteiger partial charge in [-0.25, -0.2) is 0 Å². The van der Waals surface area contributed by atoms with Gasteiger partial charge in [-0.1, -0.05) is 30.9 Å². The highest BCUT2D eigenvalue weighted by atomic mass is 35.5. The van der Waals surface area contributed by atoms with Crippen LogP contribution in [0.2, 0.25) is 5.02 Å². The highest BCUT2D eigenvalue weighted by molar-refractivity contribution is 7.99. The molecule has 0 aliphatic heterocycles. The number of hydrogen-bond donors (Lipinski definition) is 2. The predicted octanol–water partition coefficient (Wildman–Crippen LogP) is 3.21. The predicted molar refractivity (Wildman–Crippen MR) is 85.2 cm³/mol. The lowest BCUT2D eigenvalue weighted by Gasteiger charge is -2.31. The normalized spacial score (nSPS) is 17.7. The first-order valence-electron chi connectivity index (χ1n) is 7.06. The van der Waals surface area contributed by atoms with Crippen molar-refractivity contribution in [2.75, 3.05) is 12.3 Å². The molecule has 2 rings (SSSR count). The number of nitrogens with one attached hydrogen (secondary N) is 1. The first-order chi connectivity index (χ1) is 9.60. The molecule has 1 aliphatic carbocycles. The van der Waals surface area contributed by atoms with Crippen LogP contribution in [0.4, 0.5) is 0 Å². The Kier molecular flexibility index (Phi) is 5.75. The fourth-order valence-corrected chi connectivity index (χ4v) is 3.34. The lowest BCUT2D eigenvalue weighted by molar-refractivity contribution is -0.127. The highest BCUT2D eigenvalue weighted by Crippen LogP contribution is 2.26. The Labute approximate surface area is 129 Å². The number of rotatable bonds is 5. The molecule has 0 radical (unpaired) electrons. The molecule has 0 bridgehead atoms. The molecule has 3 nitrogen and oxygen atoms in total. The lowest BCUT2D eigenvalue weighted by atomic mass is 9.82. The average molecular weight is 313 g/mol. The van der Waals surface area contributed by atoms with Crippen molar-refractivity contribution < 1.29 is 4.79 Å². The van der Waals surface area contributed by atoms with E-state index >= 15 is 0 Å². The van der Waals surface area contributed by atoms with E-state index in [0.717, 1.165) is 41.4 Å². The summed E-state index contributed by atoms with van der Waals surface area (Å²) in [7, 11) is 0. The Morgan fingerprint density at radius 1 is 1.25 bits per heavy atom. The summed E-state index contributed by atoms with van der Waals surface area (Å²) in [6.45, 7) is 0.644. The van der Waals surface area contributed by atoms with Gasteiger partial charge in [-0.05, 0) is 37.1 Å². The number of amides is 1. The Bertz CT molecular complexity index is 444. The zero-order chi connectivity index (χ0) is 14.4. The molecule has 110 valence electrons. The van der Waals surface area contributed by atoms with E-state index in [-0.39, 0.29) is 5.91 Å². The summed E-state index contributed by atoms with van der Waals surface area (Å²) >= 11 is 7.54. The molecule has 1 aromatic carbocycles. The number of nitrogens with two attached hydrogens (primary N) is 1. The van der Waals surface area contributed by atoms with Crippen molar-refractivity contribution in [3.05, 3.63) is 29.3 Å². The average Bonchev–Trinajstić information content (AvgIpc) is 2.46. The van der Waals surface area contributed by atoms with Crippen molar-refractivity contribution in [3.63, 3.8) is 0 Å². The second-order valence-electron chi connectivity index (χ2n) is 5.28. The van der Waals surface area contributed by atoms with Crippen molar-refractivity contribution in [2.45, 2.75) is 42.5 Å². The molecular formula is C15H21ClN2OS. The molecule has 1 aliphatic rings. The maximum atomic E-state index is 12.1. The number of benzene rings is 1. The molecule has 0 aromatic heterocycles. The number of hydrogen-bond acceptors (Lipinski definition) is 3. The van der Waals surface area contributed by atoms with E-state index in [1.54, 1.807) is 11.8 Å². The summed E-state index contributed by atoms with van der Waals surface area (Å²) in [4.78, 5) is 13.3. The van der Waals surface area contributed by atoms with Gasteiger partial charge in [0.1, 0.15) is 0 Å². The van der Waals surface area contributed by atoms with Crippen LogP contribution in [0.25, 0.3) is 0 Å². The third-order valence-corrected chi connectivity index (χ3v) is 4.93. The maximum Gasteiger partial charge on any atom is 0.240 e. The van der Waals surface area contributed by atoms with Gasteiger partial charge in [0.05, 0.1) is 5.54 Å². The van der Waals surface area contributed by atoms with E-state index in [1.807, 2.05) is 24.3 Å². The molecule has 20 heavy (non-hydrogen) atoms. The Balaban J connectivity index is 1.70. The second-order valence-corrected chi connectivity index (χ2v) is 6.88. The van der Waals surface area contributed by atoms with Gasteiger partial charge < -0.3 is 11.1 Å². The molecule has 1 aromatic rings. The summed E-state index contributed by atoms with van der Waals surface area (Å²) in [5, 5.41) is 3.70. The maximum absolute atomic E-state index is 12.1. The van der Waals surface area contributed by atoms with Crippen LogP contribution >= 0.6 is 23.4 Å². The standard InChI is InChI=1S/C15H21ClN2OS/c16-12-4-6-13(7-5-12)20-11-10-18-14(19)15(17)8-2-1-3-9-15/h4-7H,1-3,8-11,17H2,(H,18,19).